The molecule has 0 aromatic heterocycles. The zero-order chi connectivity index (χ0) is 12.7. The molecule has 0 saturated carbocycles. The van der Waals surface area contributed by atoms with Gasteiger partial charge in [0, 0.05) is 11.6 Å². The molecule has 0 fully saturated rings. The number of ether oxygens (including phenoxy) is 1. The molecule has 0 heterocycles. The molecule has 1 aromatic carbocycles. The SMILES string of the molecule is CCC(CC)COC(CN)c1cccc(Cl)c1. The molecule has 1 aromatic rings. The fraction of sp³-hybridized carbons (Fsp3) is 0.571. The zero-order valence-electron chi connectivity index (χ0n) is 10.7. The van der Waals surface area contributed by atoms with Crippen LogP contribution in [0.2, 0.25) is 5.02 Å². The maximum absolute atomic E-state index is 5.97. The summed E-state index contributed by atoms with van der Waals surface area (Å²) in [6.45, 7) is 5.63. The molecule has 1 rings (SSSR count). The molecule has 3 heteroatoms. The minimum Gasteiger partial charge on any atom is -0.372 e. The third-order valence-electron chi connectivity index (χ3n) is 3.12. The van der Waals surface area contributed by atoms with Gasteiger partial charge in [0.25, 0.3) is 0 Å². The van der Waals surface area contributed by atoms with E-state index in [4.69, 9.17) is 22.1 Å². The van der Waals surface area contributed by atoms with Crippen LogP contribution in [0.5, 0.6) is 0 Å². The molecule has 96 valence electrons. The Hall–Kier alpha value is -0.570. The summed E-state index contributed by atoms with van der Waals surface area (Å²) in [5, 5.41) is 0.729. The summed E-state index contributed by atoms with van der Waals surface area (Å²) in [6, 6.07) is 7.72. The van der Waals surface area contributed by atoms with Crippen molar-refractivity contribution in [2.45, 2.75) is 32.8 Å². The number of benzene rings is 1. The Bertz CT molecular complexity index is 326. The van der Waals surface area contributed by atoms with E-state index in [2.05, 4.69) is 13.8 Å². The highest BCUT2D eigenvalue weighted by Crippen LogP contribution is 2.21. The lowest BCUT2D eigenvalue weighted by Gasteiger charge is -2.20. The second-order valence-electron chi connectivity index (χ2n) is 4.30. The summed E-state index contributed by atoms with van der Waals surface area (Å²) in [6.07, 6.45) is 2.24. The van der Waals surface area contributed by atoms with Crippen LogP contribution in [0.3, 0.4) is 0 Å². The van der Waals surface area contributed by atoms with Crippen molar-refractivity contribution in [3.05, 3.63) is 34.9 Å². The molecule has 0 aliphatic carbocycles. The van der Waals surface area contributed by atoms with E-state index in [1.807, 2.05) is 24.3 Å². The van der Waals surface area contributed by atoms with Gasteiger partial charge in [-0.2, -0.15) is 0 Å². The minimum absolute atomic E-state index is 0.0469. The Morgan fingerprint density at radius 2 is 2.00 bits per heavy atom. The van der Waals surface area contributed by atoms with Crippen molar-refractivity contribution >= 4 is 11.6 Å². The maximum atomic E-state index is 5.97. The fourth-order valence-electron chi connectivity index (χ4n) is 1.78. The standard InChI is InChI=1S/C14H22ClNO/c1-3-11(4-2)10-17-14(9-16)12-6-5-7-13(15)8-12/h5-8,11,14H,3-4,9-10,16H2,1-2H3. The molecule has 0 aliphatic heterocycles. The molecule has 1 atom stereocenters. The molecule has 2 nitrogen and oxygen atoms in total. The van der Waals surface area contributed by atoms with E-state index in [1.54, 1.807) is 0 Å². The number of halogens is 1. The Kier molecular flexibility index (Phi) is 6.56. The number of rotatable bonds is 7. The van der Waals surface area contributed by atoms with Crippen LogP contribution in [0.4, 0.5) is 0 Å². The van der Waals surface area contributed by atoms with Gasteiger partial charge in [0.05, 0.1) is 12.7 Å². The number of hydrogen-bond acceptors (Lipinski definition) is 2. The van der Waals surface area contributed by atoms with Crippen LogP contribution in [0.15, 0.2) is 24.3 Å². The average Bonchev–Trinajstić information content (AvgIpc) is 2.35. The molecule has 0 radical (unpaired) electrons. The Labute approximate surface area is 109 Å². The van der Waals surface area contributed by atoms with Gasteiger partial charge >= 0.3 is 0 Å². The summed E-state index contributed by atoms with van der Waals surface area (Å²) in [4.78, 5) is 0. The molecular weight excluding hydrogens is 234 g/mol. The molecule has 0 bridgehead atoms. The van der Waals surface area contributed by atoms with Crippen LogP contribution < -0.4 is 5.73 Å². The molecule has 0 spiro atoms. The van der Waals surface area contributed by atoms with E-state index in [1.165, 1.54) is 0 Å². The molecule has 1 unspecified atom stereocenters. The monoisotopic (exact) mass is 255 g/mol. The first-order chi connectivity index (χ1) is 8.21. The summed E-state index contributed by atoms with van der Waals surface area (Å²) >= 11 is 5.97. The van der Waals surface area contributed by atoms with Gasteiger partial charge < -0.3 is 10.5 Å². The van der Waals surface area contributed by atoms with Gasteiger partial charge in [0.2, 0.25) is 0 Å². The third-order valence-corrected chi connectivity index (χ3v) is 3.36. The van der Waals surface area contributed by atoms with Crippen molar-refractivity contribution in [1.82, 2.24) is 0 Å². The Morgan fingerprint density at radius 3 is 2.53 bits per heavy atom. The van der Waals surface area contributed by atoms with E-state index in [0.29, 0.717) is 12.5 Å². The summed E-state index contributed by atoms with van der Waals surface area (Å²) in [5.41, 5.74) is 6.82. The van der Waals surface area contributed by atoms with Crippen LogP contribution in [-0.2, 0) is 4.74 Å². The van der Waals surface area contributed by atoms with Crippen LogP contribution in [0.25, 0.3) is 0 Å². The van der Waals surface area contributed by atoms with Gasteiger partial charge in [-0.05, 0) is 23.6 Å². The predicted molar refractivity (Wildman–Crippen MR) is 73.3 cm³/mol. The van der Waals surface area contributed by atoms with Crippen LogP contribution in [0.1, 0.15) is 38.4 Å². The first-order valence-corrected chi connectivity index (χ1v) is 6.66. The van der Waals surface area contributed by atoms with E-state index >= 15 is 0 Å². The molecular formula is C14H22ClNO. The highest BCUT2D eigenvalue weighted by molar-refractivity contribution is 6.30. The molecule has 0 aliphatic rings. The Morgan fingerprint density at radius 1 is 1.29 bits per heavy atom. The summed E-state index contributed by atoms with van der Waals surface area (Å²) in [5.74, 6) is 0.614. The second kappa shape index (κ2) is 7.70. The van der Waals surface area contributed by atoms with Crippen LogP contribution in [0, 0.1) is 5.92 Å². The molecule has 0 amide bonds. The lowest BCUT2D eigenvalue weighted by Crippen LogP contribution is -2.19. The van der Waals surface area contributed by atoms with E-state index in [0.717, 1.165) is 30.0 Å². The first kappa shape index (κ1) is 14.5. The van der Waals surface area contributed by atoms with Gasteiger partial charge in [-0.25, -0.2) is 0 Å². The van der Waals surface area contributed by atoms with Crippen molar-refractivity contribution in [3.8, 4) is 0 Å². The van der Waals surface area contributed by atoms with Gasteiger partial charge in [-0.15, -0.1) is 0 Å². The number of nitrogens with two attached hydrogens (primary N) is 1. The third kappa shape index (κ3) is 4.66. The van der Waals surface area contributed by atoms with Crippen molar-refractivity contribution in [3.63, 3.8) is 0 Å². The lowest BCUT2D eigenvalue weighted by molar-refractivity contribution is 0.0315. The van der Waals surface area contributed by atoms with E-state index < -0.39 is 0 Å². The fourth-order valence-corrected chi connectivity index (χ4v) is 1.98. The van der Waals surface area contributed by atoms with E-state index in [-0.39, 0.29) is 6.10 Å². The van der Waals surface area contributed by atoms with Crippen LogP contribution >= 0.6 is 11.6 Å². The van der Waals surface area contributed by atoms with Crippen molar-refractivity contribution in [1.29, 1.82) is 0 Å². The predicted octanol–water partition coefficient (Wildman–Crippen LogP) is 3.79. The largest absolute Gasteiger partial charge is 0.372 e. The maximum Gasteiger partial charge on any atom is 0.0947 e. The summed E-state index contributed by atoms with van der Waals surface area (Å²) in [7, 11) is 0. The highest BCUT2D eigenvalue weighted by atomic mass is 35.5. The second-order valence-corrected chi connectivity index (χ2v) is 4.73. The molecule has 17 heavy (non-hydrogen) atoms. The smallest absolute Gasteiger partial charge is 0.0947 e. The molecule has 0 saturated heterocycles. The quantitative estimate of drug-likeness (QED) is 0.805. The lowest BCUT2D eigenvalue weighted by atomic mass is 10.0. The zero-order valence-corrected chi connectivity index (χ0v) is 11.4. The Balaban J connectivity index is 2.59. The van der Waals surface area contributed by atoms with Gasteiger partial charge in [0.1, 0.15) is 0 Å². The van der Waals surface area contributed by atoms with Crippen molar-refractivity contribution < 1.29 is 4.74 Å². The van der Waals surface area contributed by atoms with Crippen LogP contribution in [-0.4, -0.2) is 13.2 Å². The van der Waals surface area contributed by atoms with Gasteiger partial charge in [-0.3, -0.25) is 0 Å². The number of hydrogen-bond donors (Lipinski definition) is 1. The first-order valence-electron chi connectivity index (χ1n) is 6.28. The average molecular weight is 256 g/mol. The highest BCUT2D eigenvalue weighted by Gasteiger charge is 2.12. The van der Waals surface area contributed by atoms with Crippen molar-refractivity contribution in [2.24, 2.45) is 11.7 Å². The molecule has 2 N–H and O–H groups in total. The summed E-state index contributed by atoms with van der Waals surface area (Å²) < 4.78 is 5.89. The van der Waals surface area contributed by atoms with Gasteiger partial charge in [0.15, 0.2) is 0 Å². The minimum atomic E-state index is -0.0469. The normalized spacial score (nSPS) is 13.0. The van der Waals surface area contributed by atoms with Gasteiger partial charge in [-0.1, -0.05) is 50.4 Å². The van der Waals surface area contributed by atoms with E-state index in [9.17, 15) is 0 Å². The van der Waals surface area contributed by atoms with Crippen molar-refractivity contribution in [2.75, 3.05) is 13.2 Å². The topological polar surface area (TPSA) is 35.2 Å².